The summed E-state index contributed by atoms with van der Waals surface area (Å²) < 4.78 is 17.1. The van der Waals surface area contributed by atoms with Gasteiger partial charge in [-0.15, -0.1) is 0 Å². The predicted octanol–water partition coefficient (Wildman–Crippen LogP) is 2.81. The van der Waals surface area contributed by atoms with E-state index in [0.717, 1.165) is 16.5 Å². The molecule has 2 heterocycles. The Morgan fingerprint density at radius 3 is 2.88 bits per heavy atom. The van der Waals surface area contributed by atoms with Crippen LogP contribution in [0.1, 0.15) is 31.2 Å². The third-order valence-electron chi connectivity index (χ3n) is 2.16. The van der Waals surface area contributed by atoms with Gasteiger partial charge >= 0.3 is 0 Å². The first-order valence-corrected chi connectivity index (χ1v) is 6.09. The lowest BCUT2D eigenvalue weighted by Crippen LogP contribution is -2.00. The SMILES string of the molecule is CC(C)c1nsc(NCc2cncc(F)c2)n1. The van der Waals surface area contributed by atoms with Crippen LogP contribution in [0.4, 0.5) is 9.52 Å². The molecule has 0 aliphatic rings. The molecule has 2 aromatic rings. The first-order valence-electron chi connectivity index (χ1n) is 5.32. The van der Waals surface area contributed by atoms with Crippen LogP contribution >= 0.6 is 11.5 Å². The second-order valence-electron chi connectivity index (χ2n) is 3.98. The highest BCUT2D eigenvalue weighted by atomic mass is 32.1. The van der Waals surface area contributed by atoms with Crippen LogP contribution in [0, 0.1) is 5.82 Å². The number of hydrogen-bond donors (Lipinski definition) is 1. The molecular formula is C11H13FN4S. The fourth-order valence-electron chi connectivity index (χ4n) is 1.27. The van der Waals surface area contributed by atoms with Crippen LogP contribution in [-0.4, -0.2) is 14.3 Å². The average Bonchev–Trinajstić information content (AvgIpc) is 2.75. The van der Waals surface area contributed by atoms with Gasteiger partial charge in [0, 0.05) is 30.2 Å². The molecule has 17 heavy (non-hydrogen) atoms. The lowest BCUT2D eigenvalue weighted by Gasteiger charge is -2.01. The Labute approximate surface area is 103 Å². The van der Waals surface area contributed by atoms with E-state index in [2.05, 4.69) is 19.7 Å². The van der Waals surface area contributed by atoms with Crippen molar-refractivity contribution in [2.75, 3.05) is 5.32 Å². The number of halogens is 1. The number of anilines is 1. The molecule has 0 aromatic carbocycles. The molecule has 0 aliphatic heterocycles. The molecule has 0 radical (unpaired) electrons. The minimum absolute atomic E-state index is 0.317. The van der Waals surface area contributed by atoms with E-state index >= 15 is 0 Å². The third-order valence-corrected chi connectivity index (χ3v) is 2.85. The maximum absolute atomic E-state index is 12.9. The van der Waals surface area contributed by atoms with E-state index in [1.807, 2.05) is 13.8 Å². The number of nitrogens with one attached hydrogen (secondary N) is 1. The first-order chi connectivity index (χ1) is 8.15. The minimum atomic E-state index is -0.329. The molecule has 1 N–H and O–H groups in total. The molecule has 6 heteroatoms. The van der Waals surface area contributed by atoms with Crippen LogP contribution in [0.2, 0.25) is 0 Å². The average molecular weight is 252 g/mol. The number of pyridine rings is 1. The van der Waals surface area contributed by atoms with Gasteiger partial charge < -0.3 is 5.32 Å². The highest BCUT2D eigenvalue weighted by Gasteiger charge is 2.07. The van der Waals surface area contributed by atoms with Crippen molar-refractivity contribution in [3.05, 3.63) is 35.7 Å². The maximum Gasteiger partial charge on any atom is 0.202 e. The molecule has 0 amide bonds. The number of rotatable bonds is 4. The third kappa shape index (κ3) is 3.20. The van der Waals surface area contributed by atoms with Crippen LogP contribution in [0.5, 0.6) is 0 Å². The van der Waals surface area contributed by atoms with E-state index in [1.54, 1.807) is 6.20 Å². The van der Waals surface area contributed by atoms with Crippen LogP contribution in [0.25, 0.3) is 0 Å². The summed E-state index contributed by atoms with van der Waals surface area (Å²) in [5.41, 5.74) is 0.784. The van der Waals surface area contributed by atoms with E-state index in [-0.39, 0.29) is 5.82 Å². The smallest absolute Gasteiger partial charge is 0.202 e. The van der Waals surface area contributed by atoms with Gasteiger partial charge in [-0.2, -0.15) is 4.37 Å². The zero-order chi connectivity index (χ0) is 12.3. The summed E-state index contributed by atoms with van der Waals surface area (Å²) in [7, 11) is 0. The second kappa shape index (κ2) is 5.18. The second-order valence-corrected chi connectivity index (χ2v) is 4.73. The molecule has 0 saturated heterocycles. The molecule has 0 bridgehead atoms. The molecule has 2 rings (SSSR count). The summed E-state index contributed by atoms with van der Waals surface area (Å²) in [6.07, 6.45) is 2.81. The van der Waals surface area contributed by atoms with Crippen LogP contribution in [0.3, 0.4) is 0 Å². The fourth-order valence-corrected chi connectivity index (χ4v) is 1.97. The van der Waals surface area contributed by atoms with Crippen molar-refractivity contribution in [2.45, 2.75) is 26.3 Å². The Kier molecular flexibility index (Phi) is 3.63. The van der Waals surface area contributed by atoms with Gasteiger partial charge in [-0.1, -0.05) is 13.8 Å². The number of nitrogens with zero attached hydrogens (tertiary/aromatic N) is 3. The van der Waals surface area contributed by atoms with E-state index in [9.17, 15) is 4.39 Å². The Bertz CT molecular complexity index is 498. The molecule has 0 unspecified atom stereocenters. The molecular weight excluding hydrogens is 239 g/mol. The predicted molar refractivity (Wildman–Crippen MR) is 65.5 cm³/mol. The van der Waals surface area contributed by atoms with Gasteiger partial charge in [-0.05, 0) is 11.6 Å². The fraction of sp³-hybridized carbons (Fsp3) is 0.364. The van der Waals surface area contributed by atoms with Gasteiger partial charge in [0.25, 0.3) is 0 Å². The monoisotopic (exact) mass is 252 g/mol. The summed E-state index contributed by atoms with van der Waals surface area (Å²) in [4.78, 5) is 8.11. The minimum Gasteiger partial charge on any atom is -0.356 e. The summed E-state index contributed by atoms with van der Waals surface area (Å²) >= 11 is 1.31. The normalized spacial score (nSPS) is 10.8. The van der Waals surface area contributed by atoms with Gasteiger partial charge in [-0.3, -0.25) is 4.98 Å². The Hall–Kier alpha value is -1.56. The standard InChI is InChI=1S/C11H13FN4S/c1-7(2)10-15-11(17-16-10)14-5-8-3-9(12)6-13-4-8/h3-4,6-7H,5H2,1-2H3,(H,14,15,16). The molecule has 90 valence electrons. The van der Waals surface area contributed by atoms with Crippen LogP contribution < -0.4 is 5.32 Å². The van der Waals surface area contributed by atoms with E-state index in [4.69, 9.17) is 0 Å². The van der Waals surface area contributed by atoms with Gasteiger partial charge in [0.1, 0.15) is 11.6 Å². The van der Waals surface area contributed by atoms with Gasteiger partial charge in [0.15, 0.2) is 0 Å². The maximum atomic E-state index is 12.9. The highest BCUT2D eigenvalue weighted by molar-refractivity contribution is 7.09. The van der Waals surface area contributed by atoms with Crippen LogP contribution in [-0.2, 0) is 6.54 Å². The zero-order valence-electron chi connectivity index (χ0n) is 9.64. The highest BCUT2D eigenvalue weighted by Crippen LogP contribution is 2.17. The zero-order valence-corrected chi connectivity index (χ0v) is 10.5. The molecule has 4 nitrogen and oxygen atoms in total. The first kappa shape index (κ1) is 11.9. The van der Waals surface area contributed by atoms with Crippen LogP contribution in [0.15, 0.2) is 18.5 Å². The molecule has 0 aliphatic carbocycles. The van der Waals surface area contributed by atoms with E-state index in [1.165, 1.54) is 23.8 Å². The van der Waals surface area contributed by atoms with Crippen molar-refractivity contribution in [2.24, 2.45) is 0 Å². The largest absolute Gasteiger partial charge is 0.356 e. The van der Waals surface area contributed by atoms with Crippen molar-refractivity contribution in [3.63, 3.8) is 0 Å². The van der Waals surface area contributed by atoms with Crippen molar-refractivity contribution < 1.29 is 4.39 Å². The molecule has 2 aromatic heterocycles. The number of aromatic nitrogens is 3. The summed E-state index contributed by atoms with van der Waals surface area (Å²) in [6.45, 7) is 4.59. The van der Waals surface area contributed by atoms with Crippen molar-refractivity contribution in [1.29, 1.82) is 0 Å². The topological polar surface area (TPSA) is 50.7 Å². The molecule has 0 atom stereocenters. The Balaban J connectivity index is 1.97. The number of hydrogen-bond acceptors (Lipinski definition) is 5. The van der Waals surface area contributed by atoms with Crippen molar-refractivity contribution in [3.8, 4) is 0 Å². The van der Waals surface area contributed by atoms with Crippen molar-refractivity contribution >= 4 is 16.7 Å². The van der Waals surface area contributed by atoms with Crippen molar-refractivity contribution in [1.82, 2.24) is 14.3 Å². The molecule has 0 spiro atoms. The summed E-state index contributed by atoms with van der Waals surface area (Å²) in [5, 5.41) is 3.85. The quantitative estimate of drug-likeness (QED) is 0.909. The molecule has 0 fully saturated rings. The lowest BCUT2D eigenvalue weighted by atomic mass is 10.2. The van der Waals surface area contributed by atoms with Gasteiger partial charge in [-0.25, -0.2) is 9.37 Å². The molecule has 0 saturated carbocycles. The summed E-state index contributed by atoms with van der Waals surface area (Å²) in [6, 6.07) is 1.45. The van der Waals surface area contributed by atoms with Gasteiger partial charge in [0.05, 0.1) is 6.20 Å². The van der Waals surface area contributed by atoms with Gasteiger partial charge in [0.2, 0.25) is 5.13 Å². The van der Waals surface area contributed by atoms with E-state index in [0.29, 0.717) is 12.5 Å². The lowest BCUT2D eigenvalue weighted by molar-refractivity contribution is 0.619. The Morgan fingerprint density at radius 2 is 2.24 bits per heavy atom. The van der Waals surface area contributed by atoms with E-state index < -0.39 is 0 Å². The summed E-state index contributed by atoms with van der Waals surface area (Å²) in [5.74, 6) is 0.817. The Morgan fingerprint density at radius 1 is 1.41 bits per heavy atom.